The fourth-order valence-corrected chi connectivity index (χ4v) is 2.73. The third-order valence-electron chi connectivity index (χ3n) is 2.54. The minimum Gasteiger partial charge on any atom is -0.317 e. The quantitative estimate of drug-likeness (QED) is 0.773. The van der Waals surface area contributed by atoms with Crippen LogP contribution in [0.4, 0.5) is 0 Å². The Morgan fingerprint density at radius 2 is 2.27 bits per heavy atom. The Balaban J connectivity index is 2.42. The molecule has 0 saturated heterocycles. The molecule has 1 atom stereocenters. The van der Waals surface area contributed by atoms with Crippen LogP contribution in [0.5, 0.6) is 0 Å². The average Bonchev–Trinajstić information content (AvgIpc) is 2.61. The first kappa shape index (κ1) is 12.7. The van der Waals surface area contributed by atoms with Gasteiger partial charge in [0.05, 0.1) is 5.01 Å². The largest absolute Gasteiger partial charge is 0.317 e. The molecule has 1 heterocycles. The van der Waals surface area contributed by atoms with Gasteiger partial charge in [0.2, 0.25) is 0 Å². The van der Waals surface area contributed by atoms with E-state index in [2.05, 4.69) is 31.1 Å². The molecule has 1 aromatic rings. The van der Waals surface area contributed by atoms with Gasteiger partial charge in [0.25, 0.3) is 0 Å². The van der Waals surface area contributed by atoms with Gasteiger partial charge in [0.1, 0.15) is 0 Å². The lowest BCUT2D eigenvalue weighted by molar-refractivity contribution is 0.447. The van der Waals surface area contributed by atoms with E-state index in [1.165, 1.54) is 29.1 Å². The summed E-state index contributed by atoms with van der Waals surface area (Å²) in [5.41, 5.74) is 0. The van der Waals surface area contributed by atoms with E-state index in [1.54, 1.807) is 0 Å². The molecule has 0 aliphatic heterocycles. The van der Waals surface area contributed by atoms with Gasteiger partial charge in [0.15, 0.2) is 0 Å². The van der Waals surface area contributed by atoms with E-state index in [1.807, 2.05) is 17.5 Å². The third-order valence-corrected chi connectivity index (χ3v) is 3.47. The summed E-state index contributed by atoms with van der Waals surface area (Å²) in [4.78, 5) is 5.74. The van der Waals surface area contributed by atoms with Crippen LogP contribution in [0.3, 0.4) is 0 Å². The Hall–Kier alpha value is -0.410. The highest BCUT2D eigenvalue weighted by molar-refractivity contribution is 7.11. The van der Waals surface area contributed by atoms with Crippen LogP contribution in [-0.2, 0) is 6.42 Å². The van der Waals surface area contributed by atoms with Crippen LogP contribution in [0.2, 0.25) is 0 Å². The first-order valence-corrected chi connectivity index (χ1v) is 6.69. The van der Waals surface area contributed by atoms with Crippen LogP contribution in [0.25, 0.3) is 0 Å². The van der Waals surface area contributed by atoms with Crippen molar-refractivity contribution in [3.63, 3.8) is 0 Å². The molecule has 0 bridgehead atoms. The van der Waals surface area contributed by atoms with Gasteiger partial charge in [-0.3, -0.25) is 0 Å². The molecule has 0 radical (unpaired) electrons. The van der Waals surface area contributed by atoms with Gasteiger partial charge >= 0.3 is 0 Å². The van der Waals surface area contributed by atoms with E-state index < -0.39 is 0 Å². The van der Waals surface area contributed by atoms with Gasteiger partial charge in [-0.2, -0.15) is 0 Å². The second-order valence-corrected chi connectivity index (χ2v) is 5.33. The van der Waals surface area contributed by atoms with Crippen LogP contribution in [0, 0.1) is 12.8 Å². The number of aromatic nitrogens is 1. The molecule has 0 spiro atoms. The van der Waals surface area contributed by atoms with Crippen molar-refractivity contribution < 1.29 is 0 Å². The maximum absolute atomic E-state index is 4.31. The smallest absolute Gasteiger partial charge is 0.0896 e. The number of nitrogens with one attached hydrogen (secondary N) is 1. The standard InChI is InChI=1S/C12H22N2S/c1-4-6-11(8-13-5-2)7-12-9-14-10(3)15-12/h9,11,13H,4-8H2,1-3H3. The first-order valence-electron chi connectivity index (χ1n) is 5.88. The zero-order chi connectivity index (χ0) is 11.1. The zero-order valence-electron chi connectivity index (χ0n) is 10.0. The maximum Gasteiger partial charge on any atom is 0.0896 e. The molecule has 1 aromatic heterocycles. The molecule has 0 saturated carbocycles. The number of nitrogens with zero attached hydrogens (tertiary/aromatic N) is 1. The fraction of sp³-hybridized carbons (Fsp3) is 0.750. The lowest BCUT2D eigenvalue weighted by Gasteiger charge is -2.15. The van der Waals surface area contributed by atoms with Crippen molar-refractivity contribution in [1.82, 2.24) is 10.3 Å². The monoisotopic (exact) mass is 226 g/mol. The second kappa shape index (κ2) is 6.96. The number of aryl methyl sites for hydroxylation is 1. The Morgan fingerprint density at radius 1 is 1.47 bits per heavy atom. The molecule has 86 valence electrons. The molecule has 0 amide bonds. The van der Waals surface area contributed by atoms with Gasteiger partial charge in [-0.05, 0) is 38.8 Å². The Bertz CT molecular complexity index is 270. The van der Waals surface area contributed by atoms with E-state index in [9.17, 15) is 0 Å². The van der Waals surface area contributed by atoms with Gasteiger partial charge in [-0.15, -0.1) is 11.3 Å². The molecule has 0 aliphatic rings. The number of hydrogen-bond acceptors (Lipinski definition) is 3. The molecule has 3 heteroatoms. The lowest BCUT2D eigenvalue weighted by Crippen LogP contribution is -2.23. The number of rotatable bonds is 7. The third kappa shape index (κ3) is 4.76. The summed E-state index contributed by atoms with van der Waals surface area (Å²) in [6.07, 6.45) is 5.80. The Kier molecular flexibility index (Phi) is 5.88. The molecular formula is C12H22N2S. The van der Waals surface area contributed by atoms with Gasteiger partial charge in [-0.25, -0.2) is 4.98 Å². The average molecular weight is 226 g/mol. The molecular weight excluding hydrogens is 204 g/mol. The Labute approximate surface area is 97.1 Å². The highest BCUT2D eigenvalue weighted by atomic mass is 32.1. The normalized spacial score (nSPS) is 13.0. The highest BCUT2D eigenvalue weighted by Crippen LogP contribution is 2.18. The first-order chi connectivity index (χ1) is 7.26. The summed E-state index contributed by atoms with van der Waals surface area (Å²) in [5.74, 6) is 0.773. The van der Waals surface area contributed by atoms with Crippen molar-refractivity contribution in [2.45, 2.75) is 40.0 Å². The van der Waals surface area contributed by atoms with Crippen molar-refractivity contribution >= 4 is 11.3 Å². The van der Waals surface area contributed by atoms with Crippen molar-refractivity contribution in [3.8, 4) is 0 Å². The minimum atomic E-state index is 0.773. The van der Waals surface area contributed by atoms with Gasteiger partial charge in [-0.1, -0.05) is 20.3 Å². The molecule has 0 aromatic carbocycles. The van der Waals surface area contributed by atoms with E-state index in [0.717, 1.165) is 19.0 Å². The fourth-order valence-electron chi connectivity index (χ4n) is 1.82. The zero-order valence-corrected chi connectivity index (χ0v) is 10.9. The summed E-state index contributed by atoms with van der Waals surface area (Å²) < 4.78 is 0. The predicted molar refractivity (Wildman–Crippen MR) is 67.5 cm³/mol. The Morgan fingerprint density at radius 3 is 2.80 bits per heavy atom. The molecule has 1 unspecified atom stereocenters. The van der Waals surface area contributed by atoms with Crippen molar-refractivity contribution in [1.29, 1.82) is 0 Å². The molecule has 0 fully saturated rings. The summed E-state index contributed by atoms with van der Waals surface area (Å²) in [6.45, 7) is 8.72. The van der Waals surface area contributed by atoms with Crippen molar-refractivity contribution in [3.05, 3.63) is 16.1 Å². The molecule has 2 nitrogen and oxygen atoms in total. The minimum absolute atomic E-state index is 0.773. The van der Waals surface area contributed by atoms with E-state index >= 15 is 0 Å². The van der Waals surface area contributed by atoms with Crippen LogP contribution >= 0.6 is 11.3 Å². The van der Waals surface area contributed by atoms with Crippen LogP contribution in [0.15, 0.2) is 6.20 Å². The van der Waals surface area contributed by atoms with Crippen LogP contribution < -0.4 is 5.32 Å². The molecule has 1 N–H and O–H groups in total. The summed E-state index contributed by atoms with van der Waals surface area (Å²) in [5, 5.41) is 4.63. The summed E-state index contributed by atoms with van der Waals surface area (Å²) >= 11 is 1.84. The lowest BCUT2D eigenvalue weighted by atomic mass is 9.99. The van der Waals surface area contributed by atoms with Crippen LogP contribution in [0.1, 0.15) is 36.6 Å². The van der Waals surface area contributed by atoms with Crippen LogP contribution in [-0.4, -0.2) is 18.1 Å². The number of hydrogen-bond donors (Lipinski definition) is 1. The number of thiazole rings is 1. The molecule has 15 heavy (non-hydrogen) atoms. The van der Waals surface area contributed by atoms with E-state index in [-0.39, 0.29) is 0 Å². The molecule has 1 rings (SSSR count). The maximum atomic E-state index is 4.31. The van der Waals surface area contributed by atoms with Gasteiger partial charge in [0, 0.05) is 11.1 Å². The summed E-state index contributed by atoms with van der Waals surface area (Å²) in [6, 6.07) is 0. The van der Waals surface area contributed by atoms with Crippen molar-refractivity contribution in [2.75, 3.05) is 13.1 Å². The summed E-state index contributed by atoms with van der Waals surface area (Å²) in [7, 11) is 0. The predicted octanol–water partition coefficient (Wildman–Crippen LogP) is 3.02. The SMILES string of the molecule is CCCC(CNCC)Cc1cnc(C)s1. The second-order valence-electron chi connectivity index (χ2n) is 4.01. The topological polar surface area (TPSA) is 24.9 Å². The van der Waals surface area contributed by atoms with E-state index in [0.29, 0.717) is 0 Å². The van der Waals surface area contributed by atoms with Gasteiger partial charge < -0.3 is 5.32 Å². The highest BCUT2D eigenvalue weighted by Gasteiger charge is 2.09. The molecule has 0 aliphatic carbocycles. The van der Waals surface area contributed by atoms with Crippen molar-refractivity contribution in [2.24, 2.45) is 5.92 Å². The van der Waals surface area contributed by atoms with E-state index in [4.69, 9.17) is 0 Å².